The highest BCUT2D eigenvalue weighted by Crippen LogP contribution is 2.17. The SMILES string of the molecule is CCCN(CCC)C(=O)c1cc(C(=O)NC(Cc2ccccc2)C(O)CN(CC)NS(=O)(=O)Cc2ccccc2)cc(C(=O)N(C)C)c1. The van der Waals surface area contributed by atoms with Crippen LogP contribution in [-0.4, -0.2) is 98.5 Å². The number of nitrogens with one attached hydrogen (secondary N) is 2. The number of aliphatic hydroxyl groups excluding tert-OH is 1. The van der Waals surface area contributed by atoms with Crippen LogP contribution in [-0.2, 0) is 22.2 Å². The molecule has 0 radical (unpaired) electrons. The van der Waals surface area contributed by atoms with Crippen molar-refractivity contribution in [1.82, 2.24) is 25.0 Å². The molecule has 0 aliphatic carbocycles. The van der Waals surface area contributed by atoms with Gasteiger partial charge >= 0.3 is 0 Å². The van der Waals surface area contributed by atoms with E-state index in [-0.39, 0.29) is 53.8 Å². The van der Waals surface area contributed by atoms with Gasteiger partial charge in [-0.3, -0.25) is 14.4 Å². The number of aliphatic hydroxyl groups is 1. The van der Waals surface area contributed by atoms with Crippen molar-refractivity contribution in [2.24, 2.45) is 0 Å². The van der Waals surface area contributed by atoms with E-state index in [2.05, 4.69) is 10.1 Å². The van der Waals surface area contributed by atoms with Gasteiger partial charge in [0, 0.05) is 57.0 Å². The zero-order valence-electron chi connectivity index (χ0n) is 28.6. The second kappa shape index (κ2) is 18.4. The summed E-state index contributed by atoms with van der Waals surface area (Å²) in [5.41, 5.74) is 1.97. The van der Waals surface area contributed by atoms with Gasteiger partial charge in [0.15, 0.2) is 0 Å². The third kappa shape index (κ3) is 11.6. The normalized spacial score (nSPS) is 12.7. The number of sulfonamides is 1. The van der Waals surface area contributed by atoms with Gasteiger partial charge in [-0.05, 0) is 48.6 Å². The fraction of sp³-hybridized carbons (Fsp3) is 0.417. The average molecular weight is 680 g/mol. The average Bonchev–Trinajstić information content (AvgIpc) is 3.07. The first-order chi connectivity index (χ1) is 22.9. The first-order valence-electron chi connectivity index (χ1n) is 16.3. The molecular weight excluding hydrogens is 630 g/mol. The maximum Gasteiger partial charge on any atom is 0.253 e. The van der Waals surface area contributed by atoms with Crippen LogP contribution >= 0.6 is 0 Å². The molecule has 0 bridgehead atoms. The van der Waals surface area contributed by atoms with E-state index in [1.807, 2.05) is 50.2 Å². The largest absolute Gasteiger partial charge is 0.390 e. The highest BCUT2D eigenvalue weighted by molar-refractivity contribution is 7.88. The number of hydrazine groups is 1. The van der Waals surface area contributed by atoms with E-state index < -0.39 is 28.1 Å². The van der Waals surface area contributed by atoms with Gasteiger partial charge in [-0.25, -0.2) is 13.4 Å². The van der Waals surface area contributed by atoms with Crippen molar-refractivity contribution in [3.63, 3.8) is 0 Å². The van der Waals surface area contributed by atoms with Crippen LogP contribution in [0, 0.1) is 0 Å². The maximum atomic E-state index is 13.9. The number of carbonyl (C=O) groups is 3. The lowest BCUT2D eigenvalue weighted by atomic mass is 9.99. The fourth-order valence-corrected chi connectivity index (χ4v) is 6.60. The summed E-state index contributed by atoms with van der Waals surface area (Å²) in [6.07, 6.45) is 0.549. The minimum Gasteiger partial charge on any atom is -0.390 e. The Kier molecular flexibility index (Phi) is 14.7. The van der Waals surface area contributed by atoms with Gasteiger partial charge in [-0.2, -0.15) is 0 Å². The molecule has 2 unspecified atom stereocenters. The van der Waals surface area contributed by atoms with E-state index >= 15 is 0 Å². The summed E-state index contributed by atoms with van der Waals surface area (Å²) in [4.78, 5) is 46.1. The summed E-state index contributed by atoms with van der Waals surface area (Å²) in [6, 6.07) is 21.7. The number of rotatable bonds is 18. The Morgan fingerprint density at radius 1 is 0.771 bits per heavy atom. The number of likely N-dealkylation sites (N-methyl/N-ethyl adjacent to an activating group) is 1. The van der Waals surface area contributed by atoms with E-state index in [9.17, 15) is 27.9 Å². The molecule has 0 aromatic heterocycles. The van der Waals surface area contributed by atoms with Gasteiger partial charge in [-0.1, -0.05) is 81.4 Å². The monoisotopic (exact) mass is 679 g/mol. The van der Waals surface area contributed by atoms with Gasteiger partial charge in [-0.15, -0.1) is 4.83 Å². The van der Waals surface area contributed by atoms with Crippen molar-refractivity contribution in [3.8, 4) is 0 Å². The summed E-state index contributed by atoms with van der Waals surface area (Å²) >= 11 is 0. The number of nitrogens with zero attached hydrogens (tertiary/aromatic N) is 3. The topological polar surface area (TPSA) is 139 Å². The lowest BCUT2D eigenvalue weighted by molar-refractivity contribution is 0.0634. The summed E-state index contributed by atoms with van der Waals surface area (Å²) in [5, 5.41) is 15.8. The molecule has 3 aromatic rings. The molecule has 0 fully saturated rings. The molecule has 3 aromatic carbocycles. The number of carbonyl (C=O) groups excluding carboxylic acids is 3. The van der Waals surface area contributed by atoms with Gasteiger partial charge < -0.3 is 20.2 Å². The minimum atomic E-state index is -3.79. The number of benzene rings is 3. The van der Waals surface area contributed by atoms with E-state index in [1.54, 1.807) is 50.2 Å². The summed E-state index contributed by atoms with van der Waals surface area (Å²) in [6.45, 7) is 6.93. The first-order valence-corrected chi connectivity index (χ1v) is 18.0. The predicted octanol–water partition coefficient (Wildman–Crippen LogP) is 3.71. The van der Waals surface area contributed by atoms with Gasteiger partial charge in [0.1, 0.15) is 0 Å². The van der Waals surface area contributed by atoms with Crippen LogP contribution in [0.1, 0.15) is 75.8 Å². The van der Waals surface area contributed by atoms with Gasteiger partial charge in [0.25, 0.3) is 17.7 Å². The number of hydrogen-bond donors (Lipinski definition) is 3. The van der Waals surface area contributed by atoms with E-state index in [0.29, 0.717) is 18.7 Å². The fourth-order valence-electron chi connectivity index (χ4n) is 5.31. The first kappa shape index (κ1) is 38.3. The molecule has 260 valence electrons. The quantitative estimate of drug-likeness (QED) is 0.174. The van der Waals surface area contributed by atoms with Crippen LogP contribution in [0.25, 0.3) is 0 Å². The van der Waals surface area contributed by atoms with E-state index in [1.165, 1.54) is 28.1 Å². The third-order valence-electron chi connectivity index (χ3n) is 7.71. The molecule has 0 heterocycles. The van der Waals surface area contributed by atoms with Crippen molar-refractivity contribution < 1.29 is 27.9 Å². The Labute approximate surface area is 285 Å². The number of amides is 3. The van der Waals surface area contributed by atoms with Crippen LogP contribution in [0.3, 0.4) is 0 Å². The maximum absolute atomic E-state index is 13.9. The Morgan fingerprint density at radius 3 is 1.81 bits per heavy atom. The van der Waals surface area contributed by atoms with Gasteiger partial charge in [0.2, 0.25) is 10.0 Å². The lowest BCUT2D eigenvalue weighted by Gasteiger charge is -2.30. The van der Waals surface area contributed by atoms with Crippen LogP contribution < -0.4 is 10.1 Å². The Bertz CT molecular complexity index is 1600. The molecule has 0 saturated carbocycles. The minimum absolute atomic E-state index is 0.0974. The predicted molar refractivity (Wildman–Crippen MR) is 188 cm³/mol. The summed E-state index contributed by atoms with van der Waals surface area (Å²) in [5.74, 6) is -1.45. The Hall–Kier alpha value is -4.10. The third-order valence-corrected chi connectivity index (χ3v) is 8.96. The molecule has 0 spiro atoms. The second-order valence-corrected chi connectivity index (χ2v) is 13.7. The van der Waals surface area contributed by atoms with Crippen LogP contribution in [0.2, 0.25) is 0 Å². The summed E-state index contributed by atoms with van der Waals surface area (Å²) < 4.78 is 25.9. The van der Waals surface area contributed by atoms with Crippen molar-refractivity contribution in [2.45, 2.75) is 57.9 Å². The van der Waals surface area contributed by atoms with Crippen LogP contribution in [0.5, 0.6) is 0 Å². The van der Waals surface area contributed by atoms with Crippen molar-refractivity contribution in [2.75, 3.05) is 40.3 Å². The molecule has 0 aliphatic rings. The lowest BCUT2D eigenvalue weighted by Crippen LogP contribution is -2.53. The van der Waals surface area contributed by atoms with Crippen LogP contribution in [0.4, 0.5) is 0 Å². The Balaban J connectivity index is 1.91. The van der Waals surface area contributed by atoms with Gasteiger partial charge in [0.05, 0.1) is 17.9 Å². The molecule has 48 heavy (non-hydrogen) atoms. The Morgan fingerprint density at radius 2 is 1.29 bits per heavy atom. The standard InChI is InChI=1S/C36H49N5O6S/c1-6-19-40(20-7-2)36(45)31-23-29(22-30(24-31)35(44)39(4)5)34(43)37-32(21-27-15-11-9-12-16-27)33(42)25-41(8-3)38-48(46,47)26-28-17-13-10-14-18-28/h9-18,22-24,32-33,38,42H,6-8,19-21,25-26H2,1-5H3,(H,37,43). The molecule has 0 aliphatic heterocycles. The molecule has 3 rings (SSSR count). The zero-order chi connectivity index (χ0) is 35.3. The summed E-state index contributed by atoms with van der Waals surface area (Å²) in [7, 11) is -0.597. The molecule has 3 N–H and O–H groups in total. The molecular formula is C36H49N5O6S. The second-order valence-electron chi connectivity index (χ2n) is 12.0. The molecule has 0 saturated heterocycles. The van der Waals surface area contributed by atoms with Crippen molar-refractivity contribution >= 4 is 27.7 Å². The zero-order valence-corrected chi connectivity index (χ0v) is 29.4. The molecule has 11 nitrogen and oxygen atoms in total. The molecule has 12 heteroatoms. The highest BCUT2D eigenvalue weighted by Gasteiger charge is 2.27. The van der Waals surface area contributed by atoms with Crippen molar-refractivity contribution in [1.29, 1.82) is 0 Å². The van der Waals surface area contributed by atoms with E-state index in [0.717, 1.165) is 18.4 Å². The molecule has 2 atom stereocenters. The van der Waals surface area contributed by atoms with E-state index in [4.69, 9.17) is 0 Å². The van der Waals surface area contributed by atoms with Crippen molar-refractivity contribution in [3.05, 3.63) is 107 Å². The van der Waals surface area contributed by atoms with Crippen LogP contribution in [0.15, 0.2) is 78.9 Å². The smallest absolute Gasteiger partial charge is 0.253 e. The highest BCUT2D eigenvalue weighted by atomic mass is 32.2. The number of hydrogen-bond acceptors (Lipinski definition) is 7. The molecule has 3 amide bonds.